The average molecular weight is 472 g/mol. The predicted octanol–water partition coefficient (Wildman–Crippen LogP) is 4.33. The Kier molecular flexibility index (Phi) is 6.91. The quantitative estimate of drug-likeness (QED) is 0.667. The van der Waals surface area contributed by atoms with Crippen molar-refractivity contribution in [3.8, 4) is 0 Å². The summed E-state index contributed by atoms with van der Waals surface area (Å²) in [5.74, 6) is -0.0230. The van der Waals surface area contributed by atoms with E-state index in [1.807, 2.05) is 22.8 Å². The van der Waals surface area contributed by atoms with E-state index >= 15 is 0 Å². The Hall–Kier alpha value is -2.25. The smallest absolute Gasteiger partial charge is 0.236 e. The lowest BCUT2D eigenvalue weighted by molar-refractivity contribution is -0.144. The number of nitrogens with zero attached hydrogens (tertiary/aromatic N) is 3. The Morgan fingerprint density at radius 3 is 2.61 bits per heavy atom. The van der Waals surface area contributed by atoms with Crippen molar-refractivity contribution < 1.29 is 14.0 Å². The van der Waals surface area contributed by atoms with Gasteiger partial charge in [0.1, 0.15) is 5.82 Å². The minimum absolute atomic E-state index is 0.00129. The Bertz CT molecular complexity index is 1010. The molecule has 2 amide bonds. The third kappa shape index (κ3) is 5.46. The molecule has 33 heavy (non-hydrogen) atoms. The SMILES string of the molecule is C[C@H]1CN(C(=O)CN2CCc3sccc3[C@@H]2c2cccc(F)c2)CCN1C(=O)CC(C)(C)C. The van der Waals surface area contributed by atoms with Crippen molar-refractivity contribution in [1.29, 1.82) is 0 Å². The number of piperazine rings is 1. The van der Waals surface area contributed by atoms with Crippen LogP contribution in [0.1, 0.15) is 56.2 Å². The molecule has 0 saturated carbocycles. The molecular formula is C26H34FN3O2S. The maximum atomic E-state index is 14.0. The Morgan fingerprint density at radius 1 is 1.12 bits per heavy atom. The summed E-state index contributed by atoms with van der Waals surface area (Å²) >= 11 is 1.73. The Balaban J connectivity index is 1.45. The van der Waals surface area contributed by atoms with E-state index in [-0.39, 0.29) is 35.1 Å². The summed E-state index contributed by atoms with van der Waals surface area (Å²) in [6, 6.07) is 8.71. The van der Waals surface area contributed by atoms with Crippen LogP contribution in [-0.2, 0) is 16.0 Å². The minimum Gasteiger partial charge on any atom is -0.338 e. The van der Waals surface area contributed by atoms with Crippen LogP contribution in [0.25, 0.3) is 0 Å². The third-order valence-corrected chi connectivity index (χ3v) is 7.55. The first-order valence-corrected chi connectivity index (χ1v) is 12.6. The standard InChI is InChI=1S/C26H34FN3O2S/c1-18-16-28(11-12-30(18)23(31)15-26(2,3)4)24(32)17-29-10-8-22-21(9-13-33-22)25(29)19-6-5-7-20(27)14-19/h5-7,9,13-14,18,25H,8,10-12,15-17H2,1-4H3/t18-,25-/m0/s1. The second-order valence-corrected chi connectivity index (χ2v) is 11.5. The van der Waals surface area contributed by atoms with Crippen molar-refractivity contribution in [2.24, 2.45) is 5.41 Å². The van der Waals surface area contributed by atoms with E-state index in [9.17, 15) is 14.0 Å². The van der Waals surface area contributed by atoms with E-state index < -0.39 is 0 Å². The van der Waals surface area contributed by atoms with Gasteiger partial charge in [-0.15, -0.1) is 11.3 Å². The summed E-state index contributed by atoms with van der Waals surface area (Å²) in [5, 5.41) is 2.08. The molecule has 5 nitrogen and oxygen atoms in total. The number of fused-ring (bicyclic) bond motifs is 1. The molecule has 4 rings (SSSR count). The second kappa shape index (κ2) is 9.55. The van der Waals surface area contributed by atoms with Crippen molar-refractivity contribution in [1.82, 2.24) is 14.7 Å². The van der Waals surface area contributed by atoms with Crippen molar-refractivity contribution in [2.45, 2.75) is 52.6 Å². The van der Waals surface area contributed by atoms with Gasteiger partial charge in [-0.25, -0.2) is 4.39 Å². The fourth-order valence-corrected chi connectivity index (χ4v) is 5.89. The van der Waals surface area contributed by atoms with E-state index in [2.05, 4.69) is 37.1 Å². The van der Waals surface area contributed by atoms with E-state index in [0.29, 0.717) is 32.6 Å². The van der Waals surface area contributed by atoms with Gasteiger partial charge in [0.2, 0.25) is 11.8 Å². The van der Waals surface area contributed by atoms with Gasteiger partial charge in [-0.3, -0.25) is 14.5 Å². The molecule has 0 unspecified atom stereocenters. The highest BCUT2D eigenvalue weighted by Gasteiger charge is 2.35. The fraction of sp³-hybridized carbons (Fsp3) is 0.538. The largest absolute Gasteiger partial charge is 0.338 e. The third-order valence-electron chi connectivity index (χ3n) is 6.55. The lowest BCUT2D eigenvalue weighted by Gasteiger charge is -2.42. The van der Waals surface area contributed by atoms with Crippen LogP contribution in [-0.4, -0.2) is 65.3 Å². The first-order valence-electron chi connectivity index (χ1n) is 11.8. The molecule has 0 N–H and O–H groups in total. The van der Waals surface area contributed by atoms with Gasteiger partial charge in [0.25, 0.3) is 0 Å². The first kappa shape index (κ1) is 23.9. The number of hydrogen-bond donors (Lipinski definition) is 0. The van der Waals surface area contributed by atoms with Gasteiger partial charge >= 0.3 is 0 Å². The molecule has 2 aromatic rings. The lowest BCUT2D eigenvalue weighted by atomic mass is 9.91. The van der Waals surface area contributed by atoms with Crippen LogP contribution in [0.3, 0.4) is 0 Å². The molecule has 1 saturated heterocycles. The minimum atomic E-state index is -0.258. The number of rotatable bonds is 4. The number of halogens is 1. The highest BCUT2D eigenvalue weighted by atomic mass is 32.1. The number of thiophene rings is 1. The molecule has 178 valence electrons. The summed E-state index contributed by atoms with van der Waals surface area (Å²) in [6.45, 7) is 11.0. The number of carbonyl (C=O) groups is 2. The molecule has 2 atom stereocenters. The number of amides is 2. The normalized spacial score (nSPS) is 21.7. The summed E-state index contributed by atoms with van der Waals surface area (Å²) in [4.78, 5) is 33.3. The van der Waals surface area contributed by atoms with Gasteiger partial charge < -0.3 is 9.80 Å². The number of hydrogen-bond acceptors (Lipinski definition) is 4. The second-order valence-electron chi connectivity index (χ2n) is 10.5. The highest BCUT2D eigenvalue weighted by Crippen LogP contribution is 2.37. The molecule has 2 aliphatic heterocycles. The summed E-state index contributed by atoms with van der Waals surface area (Å²) in [5.41, 5.74) is 2.01. The molecular weight excluding hydrogens is 437 g/mol. The van der Waals surface area contributed by atoms with Gasteiger partial charge in [0, 0.05) is 43.5 Å². The molecule has 3 heterocycles. The molecule has 7 heteroatoms. The van der Waals surface area contributed by atoms with Crippen LogP contribution in [0.4, 0.5) is 4.39 Å². The van der Waals surface area contributed by atoms with Gasteiger partial charge in [0.05, 0.1) is 12.6 Å². The molecule has 0 radical (unpaired) electrons. The molecule has 1 fully saturated rings. The zero-order valence-corrected chi connectivity index (χ0v) is 20.8. The van der Waals surface area contributed by atoms with Crippen molar-refractivity contribution in [2.75, 3.05) is 32.7 Å². The van der Waals surface area contributed by atoms with Crippen LogP contribution in [0.15, 0.2) is 35.7 Å². The van der Waals surface area contributed by atoms with E-state index in [0.717, 1.165) is 18.5 Å². The van der Waals surface area contributed by atoms with Crippen molar-refractivity contribution in [3.05, 3.63) is 57.5 Å². The monoisotopic (exact) mass is 471 g/mol. The van der Waals surface area contributed by atoms with E-state index in [1.165, 1.54) is 16.5 Å². The van der Waals surface area contributed by atoms with Crippen LogP contribution in [0.2, 0.25) is 0 Å². The topological polar surface area (TPSA) is 43.9 Å². The highest BCUT2D eigenvalue weighted by molar-refractivity contribution is 7.10. The van der Waals surface area contributed by atoms with Crippen molar-refractivity contribution >= 4 is 23.2 Å². The van der Waals surface area contributed by atoms with Gasteiger partial charge in [0.15, 0.2) is 0 Å². The summed E-state index contributed by atoms with van der Waals surface area (Å²) in [6.07, 6.45) is 1.41. The zero-order chi connectivity index (χ0) is 23.8. The van der Waals surface area contributed by atoms with Crippen LogP contribution in [0, 0.1) is 11.2 Å². The first-order chi connectivity index (χ1) is 15.6. The van der Waals surface area contributed by atoms with Gasteiger partial charge in [-0.2, -0.15) is 0 Å². The molecule has 1 aromatic carbocycles. The Labute approximate surface area is 200 Å². The number of benzene rings is 1. The molecule has 0 aliphatic carbocycles. The predicted molar refractivity (Wildman–Crippen MR) is 130 cm³/mol. The van der Waals surface area contributed by atoms with Crippen molar-refractivity contribution in [3.63, 3.8) is 0 Å². The summed E-state index contributed by atoms with van der Waals surface area (Å²) < 4.78 is 14.0. The molecule has 1 aromatic heterocycles. The molecule has 2 aliphatic rings. The number of carbonyl (C=O) groups excluding carboxylic acids is 2. The molecule has 0 bridgehead atoms. The zero-order valence-electron chi connectivity index (χ0n) is 20.0. The van der Waals surface area contributed by atoms with Gasteiger partial charge in [-0.1, -0.05) is 32.9 Å². The fourth-order valence-electron chi connectivity index (χ4n) is 4.99. The van der Waals surface area contributed by atoms with Crippen LogP contribution in [0.5, 0.6) is 0 Å². The van der Waals surface area contributed by atoms with E-state index in [1.54, 1.807) is 23.5 Å². The van der Waals surface area contributed by atoms with E-state index in [4.69, 9.17) is 0 Å². The van der Waals surface area contributed by atoms with Crippen LogP contribution >= 0.6 is 11.3 Å². The maximum Gasteiger partial charge on any atom is 0.236 e. The lowest BCUT2D eigenvalue weighted by Crippen LogP contribution is -2.57. The maximum absolute atomic E-state index is 14.0. The van der Waals surface area contributed by atoms with Gasteiger partial charge in [-0.05, 0) is 53.5 Å². The summed E-state index contributed by atoms with van der Waals surface area (Å²) in [7, 11) is 0. The average Bonchev–Trinajstić information content (AvgIpc) is 3.20. The van der Waals surface area contributed by atoms with Crippen LogP contribution < -0.4 is 0 Å². The molecule has 0 spiro atoms. The Morgan fingerprint density at radius 2 is 1.91 bits per heavy atom.